The molecule has 2 aliphatic rings. The van der Waals surface area contributed by atoms with Crippen LogP contribution in [0.25, 0.3) is 0 Å². The number of thiazole rings is 1. The number of carbonyl (C=O) groups is 1. The van der Waals surface area contributed by atoms with Gasteiger partial charge in [0.05, 0.1) is 20.3 Å². The lowest BCUT2D eigenvalue weighted by molar-refractivity contribution is -0.134. The van der Waals surface area contributed by atoms with Gasteiger partial charge in [0, 0.05) is 53.6 Å². The maximum Gasteiger partial charge on any atom is 0.330 e. The lowest BCUT2D eigenvalue weighted by Crippen LogP contribution is -2.42. The van der Waals surface area contributed by atoms with E-state index in [-0.39, 0.29) is 5.02 Å². The van der Waals surface area contributed by atoms with E-state index in [0.717, 1.165) is 29.4 Å². The highest BCUT2D eigenvalue weighted by molar-refractivity contribution is 7.11. The third kappa shape index (κ3) is 5.24. The van der Waals surface area contributed by atoms with Gasteiger partial charge in [-0.1, -0.05) is 17.7 Å². The van der Waals surface area contributed by atoms with Crippen molar-refractivity contribution in [2.75, 3.05) is 40.0 Å². The van der Waals surface area contributed by atoms with E-state index in [1.54, 1.807) is 18.3 Å². The zero-order valence-corrected chi connectivity index (χ0v) is 19.0. The second-order valence-electron chi connectivity index (χ2n) is 7.19. The van der Waals surface area contributed by atoms with Crippen LogP contribution >= 0.6 is 22.9 Å². The van der Waals surface area contributed by atoms with Crippen LogP contribution < -0.4 is 5.32 Å². The number of aliphatic imine (C=N–C) groups is 1. The number of carbonyl (C=O) groups excluding carboxylic acids is 1. The van der Waals surface area contributed by atoms with E-state index in [2.05, 4.69) is 15.2 Å². The van der Waals surface area contributed by atoms with Crippen molar-refractivity contribution < 1.29 is 18.7 Å². The van der Waals surface area contributed by atoms with E-state index in [1.807, 2.05) is 5.38 Å². The minimum atomic E-state index is -0.555. The molecule has 0 aliphatic carbocycles. The van der Waals surface area contributed by atoms with Crippen molar-refractivity contribution in [1.82, 2.24) is 15.2 Å². The maximum atomic E-state index is 13.8. The quantitative estimate of drug-likeness (QED) is 0.509. The average molecular weight is 477 g/mol. The molecule has 2 aromatic rings. The fourth-order valence-corrected chi connectivity index (χ4v) is 4.41. The Labute approximate surface area is 194 Å². The first-order chi connectivity index (χ1) is 15.5. The van der Waals surface area contributed by atoms with E-state index < -0.39 is 17.8 Å². The van der Waals surface area contributed by atoms with Gasteiger partial charge in [-0.25, -0.2) is 14.2 Å². The number of hydrogen-bond acceptors (Lipinski definition) is 8. The molecule has 0 saturated carbocycles. The summed E-state index contributed by atoms with van der Waals surface area (Å²) in [6.45, 7) is 3.46. The van der Waals surface area contributed by atoms with Crippen molar-refractivity contribution in [3.8, 4) is 0 Å². The van der Waals surface area contributed by atoms with Crippen molar-refractivity contribution >= 4 is 34.7 Å². The van der Waals surface area contributed by atoms with E-state index in [4.69, 9.17) is 26.1 Å². The van der Waals surface area contributed by atoms with Crippen LogP contribution in [0.1, 0.15) is 16.6 Å². The number of halogens is 2. The predicted octanol–water partition coefficient (Wildman–Crippen LogP) is 3.34. The van der Waals surface area contributed by atoms with Gasteiger partial charge in [-0.2, -0.15) is 0 Å². The van der Waals surface area contributed by atoms with E-state index in [0.29, 0.717) is 31.2 Å². The summed E-state index contributed by atoms with van der Waals surface area (Å²) in [5, 5.41) is 6.26. The van der Waals surface area contributed by atoms with E-state index in [9.17, 15) is 9.18 Å². The molecule has 0 spiro atoms. The van der Waals surface area contributed by atoms with Crippen molar-refractivity contribution in [1.29, 1.82) is 0 Å². The number of ether oxygens (including phenoxy) is 2. The van der Waals surface area contributed by atoms with E-state index >= 15 is 0 Å². The molecule has 3 heterocycles. The van der Waals surface area contributed by atoms with Crippen LogP contribution in [0.4, 0.5) is 4.39 Å². The molecular weight excluding hydrogens is 455 g/mol. The first-order valence-electron chi connectivity index (χ1n) is 10.0. The number of rotatable bonds is 6. The molecule has 1 atom stereocenters. The number of hydrogen-bond donors (Lipinski definition) is 1. The Bertz CT molecular complexity index is 1070. The Morgan fingerprint density at radius 3 is 2.94 bits per heavy atom. The summed E-state index contributed by atoms with van der Waals surface area (Å²) in [7, 11) is 1.32. The summed E-state index contributed by atoms with van der Waals surface area (Å²) in [5.74, 6) is -0.313. The Balaban J connectivity index is 1.81. The Hall–Kier alpha value is -2.59. The second-order valence-corrected chi connectivity index (χ2v) is 8.49. The Kier molecular flexibility index (Phi) is 7.31. The fraction of sp³-hybridized carbons (Fsp3) is 0.318. The summed E-state index contributed by atoms with van der Waals surface area (Å²) in [6, 6.07) is 3.68. The Morgan fingerprint density at radius 1 is 1.44 bits per heavy atom. The molecule has 1 aromatic carbocycles. The summed E-state index contributed by atoms with van der Waals surface area (Å²) >= 11 is 7.88. The van der Waals surface area contributed by atoms with Gasteiger partial charge in [-0.15, -0.1) is 11.3 Å². The number of nitrogens with zero attached hydrogens (tertiary/aromatic N) is 3. The van der Waals surface area contributed by atoms with Crippen LogP contribution in [0, 0.1) is 5.82 Å². The van der Waals surface area contributed by atoms with Gasteiger partial charge in [-0.05, 0) is 23.8 Å². The predicted molar refractivity (Wildman–Crippen MR) is 121 cm³/mol. The molecule has 1 aromatic heterocycles. The van der Waals surface area contributed by atoms with Crippen LogP contribution in [-0.4, -0.2) is 61.6 Å². The van der Waals surface area contributed by atoms with Crippen LogP contribution in [0.5, 0.6) is 0 Å². The number of esters is 1. The van der Waals surface area contributed by atoms with Gasteiger partial charge in [0.1, 0.15) is 11.9 Å². The number of amidine groups is 1. The Morgan fingerprint density at radius 2 is 2.25 bits per heavy atom. The minimum Gasteiger partial charge on any atom is -0.466 e. The topological polar surface area (TPSA) is 76.0 Å². The van der Waals surface area contributed by atoms with Gasteiger partial charge < -0.3 is 14.8 Å². The largest absolute Gasteiger partial charge is 0.466 e. The van der Waals surface area contributed by atoms with Gasteiger partial charge in [0.25, 0.3) is 0 Å². The lowest BCUT2D eigenvalue weighted by Gasteiger charge is -2.32. The fourth-order valence-electron chi connectivity index (χ4n) is 3.55. The molecule has 7 nitrogen and oxygen atoms in total. The van der Waals surface area contributed by atoms with Crippen molar-refractivity contribution in [3.05, 3.63) is 74.6 Å². The molecule has 4 rings (SSSR count). The van der Waals surface area contributed by atoms with Gasteiger partial charge in [0.15, 0.2) is 10.8 Å². The molecule has 0 amide bonds. The summed E-state index contributed by atoms with van der Waals surface area (Å²) in [5.41, 5.74) is 2.24. The van der Waals surface area contributed by atoms with Crippen LogP contribution in [-0.2, 0) is 14.3 Å². The summed E-state index contributed by atoms with van der Waals surface area (Å²) in [4.78, 5) is 23.4. The van der Waals surface area contributed by atoms with Crippen LogP contribution in [0.3, 0.4) is 0 Å². The van der Waals surface area contributed by atoms with E-state index in [1.165, 1.54) is 36.7 Å². The van der Waals surface area contributed by atoms with Crippen molar-refractivity contribution in [3.63, 3.8) is 0 Å². The number of methoxy groups -OCH3 is 1. The van der Waals surface area contributed by atoms with Crippen molar-refractivity contribution in [2.45, 2.75) is 6.04 Å². The third-order valence-electron chi connectivity index (χ3n) is 5.15. The normalized spacial score (nSPS) is 19.7. The minimum absolute atomic E-state index is 0.258. The zero-order chi connectivity index (χ0) is 22.5. The molecule has 10 heteroatoms. The monoisotopic (exact) mass is 476 g/mol. The number of benzene rings is 1. The first kappa shape index (κ1) is 22.6. The average Bonchev–Trinajstić information content (AvgIpc) is 3.33. The highest BCUT2D eigenvalue weighted by atomic mass is 35.5. The first-order valence-corrected chi connectivity index (χ1v) is 11.3. The third-order valence-corrected chi connectivity index (χ3v) is 6.26. The van der Waals surface area contributed by atoms with Crippen LogP contribution in [0.15, 0.2) is 58.2 Å². The SMILES string of the molecule is COC(=O)/C=C/C1=C(CN2CCOCC2)NC(c2nccs2)=NC1c1ccc(F)cc1Cl. The van der Waals surface area contributed by atoms with Gasteiger partial charge in [0.2, 0.25) is 0 Å². The van der Waals surface area contributed by atoms with Crippen molar-refractivity contribution in [2.24, 2.45) is 4.99 Å². The number of morpholine rings is 1. The summed E-state index contributed by atoms with van der Waals surface area (Å²) < 4.78 is 24.0. The zero-order valence-electron chi connectivity index (χ0n) is 17.4. The molecular formula is C22H22ClFN4O3S. The highest BCUT2D eigenvalue weighted by Gasteiger charge is 2.29. The maximum absolute atomic E-state index is 13.8. The van der Waals surface area contributed by atoms with Crippen LogP contribution in [0.2, 0.25) is 5.02 Å². The molecule has 1 saturated heterocycles. The standard InChI is InChI=1S/C22H22ClFN4O3S/c1-30-19(29)5-4-16-18(13-28-7-9-31-10-8-28)26-21(22-25-6-11-32-22)27-20(16)15-3-2-14(24)12-17(15)23/h2-6,11-12,20H,7-10,13H2,1H3,(H,26,27)/b5-4+. The summed E-state index contributed by atoms with van der Waals surface area (Å²) in [6.07, 6.45) is 4.74. The highest BCUT2D eigenvalue weighted by Crippen LogP contribution is 2.37. The second kappa shape index (κ2) is 10.4. The molecule has 0 radical (unpaired) electrons. The molecule has 1 unspecified atom stereocenters. The van der Waals surface area contributed by atoms with Gasteiger partial charge >= 0.3 is 5.97 Å². The lowest BCUT2D eigenvalue weighted by atomic mass is 9.94. The number of nitrogens with one attached hydrogen (secondary N) is 1. The van der Waals surface area contributed by atoms with Gasteiger partial charge in [-0.3, -0.25) is 9.89 Å². The molecule has 168 valence electrons. The molecule has 1 N–H and O–H groups in total. The molecule has 32 heavy (non-hydrogen) atoms. The molecule has 2 aliphatic heterocycles. The number of aromatic nitrogens is 1. The molecule has 1 fully saturated rings. The molecule has 0 bridgehead atoms. The smallest absolute Gasteiger partial charge is 0.330 e.